The van der Waals surface area contributed by atoms with Gasteiger partial charge in [0.15, 0.2) is 0 Å². The summed E-state index contributed by atoms with van der Waals surface area (Å²) in [5.74, 6) is 0.148. The molecule has 0 spiro atoms. The number of sulfonamides is 1. The largest absolute Gasteiger partial charge is 0.361 e. The number of carbonyl (C=O) groups is 1. The van der Waals surface area contributed by atoms with Gasteiger partial charge >= 0.3 is 0 Å². The summed E-state index contributed by atoms with van der Waals surface area (Å²) in [6, 6.07) is 9.23. The highest BCUT2D eigenvalue weighted by atomic mass is 32.2. The number of anilines is 2. The molecule has 1 fully saturated rings. The number of aryl methyl sites for hydroxylation is 3. The first-order valence-electron chi connectivity index (χ1n) is 11.3. The van der Waals surface area contributed by atoms with Gasteiger partial charge in [-0.2, -0.15) is 0 Å². The Morgan fingerprint density at radius 1 is 1.03 bits per heavy atom. The van der Waals surface area contributed by atoms with E-state index >= 15 is 0 Å². The average molecular weight is 456 g/mol. The van der Waals surface area contributed by atoms with E-state index in [2.05, 4.69) is 23.5 Å². The van der Waals surface area contributed by atoms with Gasteiger partial charge in [-0.05, 0) is 68.5 Å². The van der Waals surface area contributed by atoms with Crippen molar-refractivity contribution in [2.45, 2.75) is 57.8 Å². The summed E-state index contributed by atoms with van der Waals surface area (Å²) in [6.45, 7) is 12.7. The van der Waals surface area contributed by atoms with E-state index in [9.17, 15) is 13.2 Å². The quantitative estimate of drug-likeness (QED) is 0.736. The molecule has 0 aliphatic carbocycles. The third kappa shape index (κ3) is 4.22. The highest BCUT2D eigenvalue weighted by molar-refractivity contribution is 7.92. The molecular formula is C25H33N3O3S. The number of benzene rings is 2. The molecule has 2 heterocycles. The molecule has 172 valence electrons. The Balaban J connectivity index is 1.62. The number of hydrogen-bond donors (Lipinski definition) is 1. The lowest BCUT2D eigenvalue weighted by Gasteiger charge is -2.24. The second-order valence-corrected chi connectivity index (χ2v) is 11.6. The van der Waals surface area contributed by atoms with E-state index in [1.54, 1.807) is 12.1 Å². The van der Waals surface area contributed by atoms with Crippen molar-refractivity contribution in [3.63, 3.8) is 0 Å². The summed E-state index contributed by atoms with van der Waals surface area (Å²) in [7, 11) is -3.74. The van der Waals surface area contributed by atoms with Gasteiger partial charge in [0.05, 0.1) is 17.1 Å². The predicted molar refractivity (Wildman–Crippen MR) is 129 cm³/mol. The van der Waals surface area contributed by atoms with Crippen LogP contribution in [0.4, 0.5) is 11.4 Å². The van der Waals surface area contributed by atoms with Crippen LogP contribution in [0.25, 0.3) is 0 Å². The molecule has 1 N–H and O–H groups in total. The van der Waals surface area contributed by atoms with Crippen LogP contribution in [0.2, 0.25) is 0 Å². The Morgan fingerprint density at radius 2 is 1.66 bits per heavy atom. The summed E-state index contributed by atoms with van der Waals surface area (Å²) >= 11 is 0. The smallest absolute Gasteiger partial charge is 0.261 e. The van der Waals surface area contributed by atoms with Gasteiger partial charge in [-0.15, -0.1) is 0 Å². The molecule has 0 unspecified atom stereocenters. The number of likely N-dealkylation sites (tertiary alicyclic amines) is 1. The summed E-state index contributed by atoms with van der Waals surface area (Å²) in [6.07, 6.45) is 2.14. The molecular weight excluding hydrogens is 422 g/mol. The molecule has 0 bridgehead atoms. The van der Waals surface area contributed by atoms with Crippen LogP contribution in [0.3, 0.4) is 0 Å². The molecule has 0 aromatic heterocycles. The van der Waals surface area contributed by atoms with Crippen molar-refractivity contribution in [2.24, 2.45) is 0 Å². The zero-order valence-electron chi connectivity index (χ0n) is 19.7. The van der Waals surface area contributed by atoms with Crippen molar-refractivity contribution in [3.8, 4) is 0 Å². The van der Waals surface area contributed by atoms with Crippen LogP contribution < -0.4 is 9.62 Å². The minimum atomic E-state index is -3.74. The number of nitrogens with zero attached hydrogens (tertiary/aromatic N) is 2. The van der Waals surface area contributed by atoms with Crippen molar-refractivity contribution in [1.29, 1.82) is 0 Å². The van der Waals surface area contributed by atoms with Crippen LogP contribution in [-0.2, 0) is 20.2 Å². The molecule has 32 heavy (non-hydrogen) atoms. The number of nitrogens with one attached hydrogen (secondary N) is 1. The average Bonchev–Trinajstić information content (AvgIpc) is 3.32. The fourth-order valence-corrected chi connectivity index (χ4v) is 6.28. The van der Waals surface area contributed by atoms with Crippen LogP contribution in [0.15, 0.2) is 35.2 Å². The maximum Gasteiger partial charge on any atom is 0.261 e. The van der Waals surface area contributed by atoms with Crippen LogP contribution in [0.5, 0.6) is 0 Å². The SMILES string of the molecule is Cc1cc(C)c(NS(=O)(=O)c2ccc3c(c2)C(C)(C)CN3CC(=O)N2CCCC2)c(C)c1. The summed E-state index contributed by atoms with van der Waals surface area (Å²) in [5.41, 5.74) is 5.20. The van der Waals surface area contributed by atoms with E-state index in [0.717, 1.165) is 53.9 Å². The first-order chi connectivity index (χ1) is 15.0. The number of carbonyl (C=O) groups excluding carboxylic acids is 1. The van der Waals surface area contributed by atoms with E-state index in [-0.39, 0.29) is 16.2 Å². The van der Waals surface area contributed by atoms with Gasteiger partial charge in [-0.1, -0.05) is 31.5 Å². The monoisotopic (exact) mass is 455 g/mol. The normalized spacial score (nSPS) is 17.5. The first-order valence-corrected chi connectivity index (χ1v) is 12.7. The summed E-state index contributed by atoms with van der Waals surface area (Å²) in [4.78, 5) is 17.0. The van der Waals surface area contributed by atoms with Gasteiger partial charge in [-0.25, -0.2) is 8.42 Å². The molecule has 1 amide bonds. The molecule has 2 aromatic rings. The predicted octanol–water partition coefficient (Wildman–Crippen LogP) is 4.13. The fraction of sp³-hybridized carbons (Fsp3) is 0.480. The molecule has 2 aliphatic rings. The highest BCUT2D eigenvalue weighted by Gasteiger charge is 2.37. The molecule has 1 saturated heterocycles. The molecule has 2 aliphatic heterocycles. The van der Waals surface area contributed by atoms with Gasteiger partial charge < -0.3 is 9.80 Å². The Labute approximate surface area is 191 Å². The van der Waals surface area contributed by atoms with E-state index in [1.807, 2.05) is 43.9 Å². The van der Waals surface area contributed by atoms with Crippen molar-refractivity contribution >= 4 is 27.3 Å². The number of hydrogen-bond acceptors (Lipinski definition) is 4. The van der Waals surface area contributed by atoms with Crippen molar-refractivity contribution in [3.05, 3.63) is 52.6 Å². The maximum absolute atomic E-state index is 13.2. The second-order valence-electron chi connectivity index (χ2n) is 9.89. The van der Waals surface area contributed by atoms with E-state index < -0.39 is 10.0 Å². The minimum absolute atomic E-state index is 0.148. The molecule has 0 radical (unpaired) electrons. The molecule has 0 saturated carbocycles. The van der Waals surface area contributed by atoms with E-state index in [1.165, 1.54) is 0 Å². The van der Waals surface area contributed by atoms with Gasteiger partial charge in [0.25, 0.3) is 10.0 Å². The van der Waals surface area contributed by atoms with Crippen molar-refractivity contribution < 1.29 is 13.2 Å². The van der Waals surface area contributed by atoms with E-state index in [0.29, 0.717) is 18.8 Å². The van der Waals surface area contributed by atoms with Crippen molar-refractivity contribution in [2.75, 3.05) is 35.8 Å². The maximum atomic E-state index is 13.2. The lowest BCUT2D eigenvalue weighted by atomic mass is 9.87. The highest BCUT2D eigenvalue weighted by Crippen LogP contribution is 2.41. The van der Waals surface area contributed by atoms with Gasteiger partial charge in [0.2, 0.25) is 5.91 Å². The summed E-state index contributed by atoms with van der Waals surface area (Å²) in [5, 5.41) is 0. The van der Waals surface area contributed by atoms with Crippen LogP contribution in [-0.4, -0.2) is 45.4 Å². The number of fused-ring (bicyclic) bond motifs is 1. The zero-order valence-corrected chi connectivity index (χ0v) is 20.5. The molecule has 4 rings (SSSR count). The van der Waals surface area contributed by atoms with Crippen LogP contribution >= 0.6 is 0 Å². The third-order valence-corrected chi connectivity index (χ3v) is 7.98. The van der Waals surface area contributed by atoms with Gasteiger partial charge in [0, 0.05) is 30.7 Å². The zero-order chi connectivity index (χ0) is 23.3. The Morgan fingerprint density at radius 3 is 2.28 bits per heavy atom. The van der Waals surface area contributed by atoms with Gasteiger partial charge in [-0.3, -0.25) is 9.52 Å². The molecule has 2 aromatic carbocycles. The molecule has 0 atom stereocenters. The van der Waals surface area contributed by atoms with Crippen LogP contribution in [0.1, 0.15) is 48.9 Å². The minimum Gasteiger partial charge on any atom is -0.361 e. The van der Waals surface area contributed by atoms with Crippen LogP contribution in [0, 0.1) is 20.8 Å². The Hall–Kier alpha value is -2.54. The topological polar surface area (TPSA) is 69.7 Å². The van der Waals surface area contributed by atoms with Gasteiger partial charge in [0.1, 0.15) is 0 Å². The summed E-state index contributed by atoms with van der Waals surface area (Å²) < 4.78 is 29.3. The molecule has 7 heteroatoms. The third-order valence-electron chi connectivity index (χ3n) is 6.63. The second kappa shape index (κ2) is 8.10. The standard InChI is InChI=1S/C25H33N3O3S/c1-17-12-18(2)24(19(3)13-17)26-32(30,31)20-8-9-22-21(14-20)25(4,5)16-28(22)15-23(29)27-10-6-7-11-27/h8-9,12-14,26H,6-7,10-11,15-16H2,1-5H3. The number of rotatable bonds is 5. The van der Waals surface area contributed by atoms with Crippen molar-refractivity contribution in [1.82, 2.24) is 4.90 Å². The molecule has 6 nitrogen and oxygen atoms in total. The fourth-order valence-electron chi connectivity index (χ4n) is 5.05. The van der Waals surface area contributed by atoms with E-state index in [4.69, 9.17) is 0 Å². The number of amides is 1. The Kier molecular flexibility index (Phi) is 5.74. The lowest BCUT2D eigenvalue weighted by molar-refractivity contribution is -0.128. The lowest BCUT2D eigenvalue weighted by Crippen LogP contribution is -2.40. The first kappa shape index (κ1) is 22.6. The Bertz CT molecular complexity index is 1140.